The number of hydrogen-bond donors (Lipinski definition) is 0. The fourth-order valence-corrected chi connectivity index (χ4v) is 4.15. The van der Waals surface area contributed by atoms with E-state index < -0.39 is 10.8 Å². The topological polar surface area (TPSA) is 37.4 Å². The molecule has 28 heavy (non-hydrogen) atoms. The number of halogens is 1. The van der Waals surface area contributed by atoms with Crippen LogP contribution in [0.25, 0.3) is 0 Å². The second-order valence-corrected chi connectivity index (χ2v) is 8.35. The summed E-state index contributed by atoms with van der Waals surface area (Å²) < 4.78 is 12.0. The SMILES string of the molecule is C[C@H](c1ccc(Cl)cc1)N(C(=O)Cc1ccccc1[S@@](C)=O)c1ccccc1. The van der Waals surface area contributed by atoms with Crippen LogP contribution in [0.1, 0.15) is 24.1 Å². The molecule has 3 aromatic rings. The van der Waals surface area contributed by atoms with Crippen molar-refractivity contribution in [3.63, 3.8) is 0 Å². The maximum absolute atomic E-state index is 13.4. The fraction of sp³-hybridized carbons (Fsp3) is 0.174. The maximum Gasteiger partial charge on any atom is 0.232 e. The van der Waals surface area contributed by atoms with E-state index in [1.807, 2.05) is 85.8 Å². The molecule has 3 nitrogen and oxygen atoms in total. The van der Waals surface area contributed by atoms with Gasteiger partial charge >= 0.3 is 0 Å². The summed E-state index contributed by atoms with van der Waals surface area (Å²) in [5.41, 5.74) is 2.61. The van der Waals surface area contributed by atoms with Gasteiger partial charge in [0.05, 0.1) is 23.3 Å². The van der Waals surface area contributed by atoms with Crippen molar-refractivity contribution in [2.75, 3.05) is 11.2 Å². The Bertz CT molecular complexity index is 973. The van der Waals surface area contributed by atoms with E-state index in [0.29, 0.717) is 9.92 Å². The number of para-hydroxylation sites is 1. The summed E-state index contributed by atoms with van der Waals surface area (Å²) in [5.74, 6) is -0.0495. The van der Waals surface area contributed by atoms with Gasteiger partial charge in [-0.15, -0.1) is 0 Å². The third-order valence-corrected chi connectivity index (χ3v) is 5.94. The third-order valence-electron chi connectivity index (χ3n) is 4.67. The smallest absolute Gasteiger partial charge is 0.232 e. The molecule has 0 unspecified atom stereocenters. The number of amides is 1. The molecule has 1 amide bonds. The highest BCUT2D eigenvalue weighted by Gasteiger charge is 2.24. The molecule has 2 atom stereocenters. The molecule has 0 saturated carbocycles. The minimum atomic E-state index is -1.15. The Kier molecular flexibility index (Phi) is 6.65. The van der Waals surface area contributed by atoms with Crippen molar-refractivity contribution in [1.29, 1.82) is 0 Å². The van der Waals surface area contributed by atoms with Gasteiger partial charge in [-0.2, -0.15) is 0 Å². The van der Waals surface area contributed by atoms with Crippen molar-refractivity contribution in [2.45, 2.75) is 24.3 Å². The fourth-order valence-electron chi connectivity index (χ4n) is 3.24. The zero-order chi connectivity index (χ0) is 20.1. The molecule has 0 spiro atoms. The lowest BCUT2D eigenvalue weighted by molar-refractivity contribution is -0.118. The number of rotatable bonds is 6. The molecule has 144 valence electrons. The van der Waals surface area contributed by atoms with Gasteiger partial charge in [-0.1, -0.05) is 60.1 Å². The summed E-state index contributed by atoms with van der Waals surface area (Å²) in [7, 11) is -1.15. The van der Waals surface area contributed by atoms with Gasteiger partial charge < -0.3 is 4.90 Å². The monoisotopic (exact) mass is 411 g/mol. The zero-order valence-corrected chi connectivity index (χ0v) is 17.4. The zero-order valence-electron chi connectivity index (χ0n) is 15.8. The molecule has 0 N–H and O–H groups in total. The van der Waals surface area contributed by atoms with Gasteiger partial charge in [0.1, 0.15) is 0 Å². The van der Waals surface area contributed by atoms with Gasteiger partial charge in [-0.05, 0) is 48.4 Å². The summed E-state index contributed by atoms with van der Waals surface area (Å²) in [6, 6.07) is 24.4. The van der Waals surface area contributed by atoms with Crippen molar-refractivity contribution < 1.29 is 9.00 Å². The van der Waals surface area contributed by atoms with Crippen LogP contribution >= 0.6 is 11.6 Å². The largest absolute Gasteiger partial charge is 0.305 e. The molecule has 0 saturated heterocycles. The van der Waals surface area contributed by atoms with E-state index in [-0.39, 0.29) is 18.4 Å². The van der Waals surface area contributed by atoms with E-state index in [9.17, 15) is 9.00 Å². The van der Waals surface area contributed by atoms with Crippen LogP contribution in [-0.4, -0.2) is 16.4 Å². The van der Waals surface area contributed by atoms with Crippen molar-refractivity contribution >= 4 is 34.0 Å². The number of carbonyl (C=O) groups excluding carboxylic acids is 1. The first kappa shape index (κ1) is 20.3. The first-order chi connectivity index (χ1) is 13.5. The van der Waals surface area contributed by atoms with Crippen molar-refractivity contribution in [3.05, 3.63) is 95.0 Å². The highest BCUT2D eigenvalue weighted by atomic mass is 35.5. The van der Waals surface area contributed by atoms with Crippen molar-refractivity contribution in [3.8, 4) is 0 Å². The Hall–Kier alpha value is -2.43. The average molecular weight is 412 g/mol. The molecule has 0 aliphatic carbocycles. The minimum Gasteiger partial charge on any atom is -0.305 e. The van der Waals surface area contributed by atoms with Gasteiger partial charge in [-0.25, -0.2) is 0 Å². The molecular formula is C23H22ClNO2S. The van der Waals surface area contributed by atoms with Crippen LogP contribution in [0, 0.1) is 0 Å². The Labute approximate surface area is 173 Å². The van der Waals surface area contributed by atoms with E-state index in [1.54, 1.807) is 11.2 Å². The number of carbonyl (C=O) groups is 1. The standard InChI is InChI=1S/C23H22ClNO2S/c1-17(18-12-14-20(24)15-13-18)25(21-9-4-3-5-10-21)23(26)16-19-8-6-7-11-22(19)28(2)27/h3-15,17H,16H2,1-2H3/t17-,28-/m1/s1. The van der Waals surface area contributed by atoms with Crippen LogP contribution in [0.15, 0.2) is 83.8 Å². The second-order valence-electron chi connectivity index (χ2n) is 6.57. The van der Waals surface area contributed by atoms with Gasteiger partial charge in [0.25, 0.3) is 0 Å². The molecule has 0 radical (unpaired) electrons. The summed E-state index contributed by atoms with van der Waals surface area (Å²) >= 11 is 6.02. The van der Waals surface area contributed by atoms with E-state index >= 15 is 0 Å². The molecule has 0 aliphatic rings. The van der Waals surface area contributed by atoms with E-state index in [2.05, 4.69) is 0 Å². The summed E-state index contributed by atoms with van der Waals surface area (Å²) in [5, 5.41) is 0.660. The van der Waals surface area contributed by atoms with E-state index in [4.69, 9.17) is 11.6 Å². The lowest BCUT2D eigenvalue weighted by Gasteiger charge is -2.30. The average Bonchev–Trinajstić information content (AvgIpc) is 2.69. The Morgan fingerprint density at radius 1 is 0.964 bits per heavy atom. The first-order valence-corrected chi connectivity index (χ1v) is 10.9. The Morgan fingerprint density at radius 3 is 2.21 bits per heavy atom. The second kappa shape index (κ2) is 9.18. The first-order valence-electron chi connectivity index (χ1n) is 9.01. The predicted molar refractivity (Wildman–Crippen MR) is 116 cm³/mol. The van der Waals surface area contributed by atoms with Gasteiger partial charge in [0.15, 0.2) is 0 Å². The highest BCUT2D eigenvalue weighted by Crippen LogP contribution is 2.29. The number of benzene rings is 3. The van der Waals surface area contributed by atoms with Gasteiger partial charge in [0.2, 0.25) is 5.91 Å². The maximum atomic E-state index is 13.4. The molecule has 0 fully saturated rings. The van der Waals surface area contributed by atoms with Gasteiger partial charge in [-0.3, -0.25) is 9.00 Å². The molecule has 0 aromatic heterocycles. The van der Waals surface area contributed by atoms with Crippen LogP contribution in [0.4, 0.5) is 5.69 Å². The highest BCUT2D eigenvalue weighted by molar-refractivity contribution is 7.84. The molecule has 0 heterocycles. The molecule has 0 bridgehead atoms. The van der Waals surface area contributed by atoms with Crippen LogP contribution in [0.2, 0.25) is 5.02 Å². The summed E-state index contributed by atoms with van der Waals surface area (Å²) in [6.45, 7) is 2.00. The van der Waals surface area contributed by atoms with Crippen LogP contribution in [0.3, 0.4) is 0 Å². The molecule has 5 heteroatoms. The van der Waals surface area contributed by atoms with Crippen molar-refractivity contribution in [1.82, 2.24) is 0 Å². The van der Waals surface area contributed by atoms with Crippen molar-refractivity contribution in [2.24, 2.45) is 0 Å². The number of hydrogen-bond acceptors (Lipinski definition) is 2. The number of anilines is 1. The summed E-state index contributed by atoms with van der Waals surface area (Å²) in [6.07, 6.45) is 1.82. The van der Waals surface area contributed by atoms with Crippen LogP contribution < -0.4 is 4.90 Å². The molecule has 3 rings (SSSR count). The number of nitrogens with zero attached hydrogens (tertiary/aromatic N) is 1. The van der Waals surface area contributed by atoms with Crippen LogP contribution in [-0.2, 0) is 22.0 Å². The van der Waals surface area contributed by atoms with E-state index in [0.717, 1.165) is 16.8 Å². The molecule has 0 aliphatic heterocycles. The molecule has 3 aromatic carbocycles. The third kappa shape index (κ3) is 4.70. The van der Waals surface area contributed by atoms with E-state index in [1.165, 1.54) is 0 Å². The Morgan fingerprint density at radius 2 is 1.57 bits per heavy atom. The lowest BCUT2D eigenvalue weighted by atomic mass is 10.0. The molecular weight excluding hydrogens is 390 g/mol. The predicted octanol–water partition coefficient (Wildman–Crippen LogP) is 5.41. The lowest BCUT2D eigenvalue weighted by Crippen LogP contribution is -2.35. The normalized spacial score (nSPS) is 13.0. The summed E-state index contributed by atoms with van der Waals surface area (Å²) in [4.78, 5) is 15.9. The van der Waals surface area contributed by atoms with Crippen LogP contribution in [0.5, 0.6) is 0 Å². The minimum absolute atomic E-state index is 0.0495. The van der Waals surface area contributed by atoms with Gasteiger partial charge in [0, 0.05) is 21.9 Å². The quantitative estimate of drug-likeness (QED) is 0.543. The Balaban J connectivity index is 1.96.